The summed E-state index contributed by atoms with van der Waals surface area (Å²) in [4.78, 5) is 32.7. The molecule has 1 unspecified atom stereocenters. The van der Waals surface area contributed by atoms with Crippen LogP contribution in [0.5, 0.6) is 0 Å². The lowest BCUT2D eigenvalue weighted by atomic mass is 10.0. The zero-order chi connectivity index (χ0) is 25.4. The summed E-state index contributed by atoms with van der Waals surface area (Å²) in [7, 11) is 0. The number of rotatable bonds is 5. The fourth-order valence-corrected chi connectivity index (χ4v) is 5.48. The number of hydrogen-bond acceptors (Lipinski definition) is 6. The molecule has 0 aliphatic carbocycles. The van der Waals surface area contributed by atoms with Gasteiger partial charge in [0.15, 0.2) is 0 Å². The van der Waals surface area contributed by atoms with Crippen LogP contribution in [0.1, 0.15) is 33.3 Å². The molecule has 37 heavy (non-hydrogen) atoms. The van der Waals surface area contributed by atoms with Crippen molar-refractivity contribution < 1.29 is 9.59 Å². The zero-order valence-corrected chi connectivity index (χ0v) is 20.9. The van der Waals surface area contributed by atoms with Crippen LogP contribution >= 0.6 is 11.3 Å². The summed E-state index contributed by atoms with van der Waals surface area (Å²) in [6, 6.07) is 27.1. The highest BCUT2D eigenvalue weighted by molar-refractivity contribution is 7.15. The zero-order valence-electron chi connectivity index (χ0n) is 20.1. The van der Waals surface area contributed by atoms with E-state index in [2.05, 4.69) is 15.5 Å². The maximum absolute atomic E-state index is 13.4. The van der Waals surface area contributed by atoms with Gasteiger partial charge in [-0.05, 0) is 36.8 Å². The smallest absolute Gasteiger partial charge is 0.258 e. The monoisotopic (exact) mass is 505 g/mol. The third-order valence-electron chi connectivity index (χ3n) is 6.48. The Labute approximate surface area is 217 Å². The standard InChI is InChI=1S/C29H23N5O2S/c1-18-8-7-11-21(14-18)34-17-20(15-26(34)35)28-32-33-29(37-28)31-27(36)23-16-25(19-9-3-2-4-10-19)30-24-13-6-5-12-22(23)24/h2-14,16,20H,15,17H2,1H3,(H,31,33,36). The van der Waals surface area contributed by atoms with E-state index in [4.69, 9.17) is 4.98 Å². The molecule has 6 rings (SSSR count). The first-order valence-corrected chi connectivity index (χ1v) is 12.8. The number of nitrogens with zero attached hydrogens (tertiary/aromatic N) is 4. The minimum Gasteiger partial charge on any atom is -0.312 e. The lowest BCUT2D eigenvalue weighted by Crippen LogP contribution is -2.24. The maximum atomic E-state index is 13.4. The van der Waals surface area contributed by atoms with Gasteiger partial charge >= 0.3 is 0 Å². The molecule has 182 valence electrons. The SMILES string of the molecule is Cc1cccc(N2CC(c3nnc(NC(=O)c4cc(-c5ccccc5)nc5ccccc45)s3)CC2=O)c1. The summed E-state index contributed by atoms with van der Waals surface area (Å²) < 4.78 is 0. The minimum absolute atomic E-state index is 0.0630. The molecule has 0 bridgehead atoms. The largest absolute Gasteiger partial charge is 0.312 e. The van der Waals surface area contributed by atoms with Crippen LogP contribution in [0.2, 0.25) is 0 Å². The molecule has 2 aromatic heterocycles. The predicted molar refractivity (Wildman–Crippen MR) is 146 cm³/mol. The quantitative estimate of drug-likeness (QED) is 0.324. The van der Waals surface area contributed by atoms with E-state index in [1.165, 1.54) is 11.3 Å². The molecule has 0 spiro atoms. The van der Waals surface area contributed by atoms with E-state index in [1.807, 2.05) is 91.9 Å². The second-order valence-electron chi connectivity index (χ2n) is 9.08. The first-order chi connectivity index (χ1) is 18.0. The molecule has 1 aliphatic rings. The van der Waals surface area contributed by atoms with E-state index >= 15 is 0 Å². The first kappa shape index (κ1) is 23.0. The highest BCUT2D eigenvalue weighted by atomic mass is 32.1. The van der Waals surface area contributed by atoms with Crippen molar-refractivity contribution in [2.24, 2.45) is 0 Å². The van der Waals surface area contributed by atoms with Gasteiger partial charge in [0.1, 0.15) is 5.01 Å². The van der Waals surface area contributed by atoms with Gasteiger partial charge in [0.2, 0.25) is 11.0 Å². The number of amides is 2. The van der Waals surface area contributed by atoms with Crippen LogP contribution in [-0.2, 0) is 4.79 Å². The Bertz CT molecular complexity index is 1630. The third-order valence-corrected chi connectivity index (χ3v) is 7.48. The van der Waals surface area contributed by atoms with E-state index in [-0.39, 0.29) is 17.7 Å². The fourth-order valence-electron chi connectivity index (χ4n) is 4.65. The summed E-state index contributed by atoms with van der Waals surface area (Å²) >= 11 is 1.31. The minimum atomic E-state index is -0.276. The van der Waals surface area contributed by atoms with Crippen molar-refractivity contribution in [1.29, 1.82) is 0 Å². The van der Waals surface area contributed by atoms with E-state index in [1.54, 1.807) is 4.90 Å². The Hall–Kier alpha value is -4.43. The van der Waals surface area contributed by atoms with Crippen LogP contribution in [0, 0.1) is 6.92 Å². The van der Waals surface area contributed by atoms with Crippen LogP contribution < -0.4 is 10.2 Å². The summed E-state index contributed by atoms with van der Waals surface area (Å²) in [5.74, 6) is -0.280. The van der Waals surface area contributed by atoms with Crippen molar-refractivity contribution in [3.8, 4) is 11.3 Å². The number of aromatic nitrogens is 3. The second kappa shape index (κ2) is 9.55. The molecular weight excluding hydrogens is 482 g/mol. The van der Waals surface area contributed by atoms with E-state index in [9.17, 15) is 9.59 Å². The van der Waals surface area contributed by atoms with Crippen molar-refractivity contribution in [1.82, 2.24) is 15.2 Å². The molecule has 1 N–H and O–H groups in total. The summed E-state index contributed by atoms with van der Waals surface area (Å²) in [6.07, 6.45) is 0.367. The summed E-state index contributed by atoms with van der Waals surface area (Å²) in [6.45, 7) is 2.55. The molecule has 2 amide bonds. The molecule has 3 heterocycles. The topological polar surface area (TPSA) is 88.1 Å². The number of pyridine rings is 1. The van der Waals surface area contributed by atoms with Gasteiger partial charge in [0.05, 0.1) is 16.8 Å². The third kappa shape index (κ3) is 4.59. The van der Waals surface area contributed by atoms with Crippen molar-refractivity contribution in [2.75, 3.05) is 16.8 Å². The Kier molecular flexibility index (Phi) is 5.94. The molecule has 0 saturated carbocycles. The van der Waals surface area contributed by atoms with Crippen molar-refractivity contribution >= 4 is 44.9 Å². The molecule has 3 aromatic carbocycles. The number of para-hydroxylation sites is 1. The van der Waals surface area contributed by atoms with Crippen molar-refractivity contribution in [3.05, 3.63) is 101 Å². The predicted octanol–water partition coefficient (Wildman–Crippen LogP) is 5.83. The summed E-state index contributed by atoms with van der Waals surface area (Å²) in [5.41, 5.74) is 4.92. The number of nitrogens with one attached hydrogen (secondary N) is 1. The second-order valence-corrected chi connectivity index (χ2v) is 10.1. The molecule has 7 nitrogen and oxygen atoms in total. The van der Waals surface area contributed by atoms with E-state index in [0.717, 1.165) is 38.4 Å². The van der Waals surface area contributed by atoms with E-state index < -0.39 is 0 Å². The summed E-state index contributed by atoms with van der Waals surface area (Å²) in [5, 5.41) is 13.4. The molecule has 0 radical (unpaired) electrons. The number of fused-ring (bicyclic) bond motifs is 1. The van der Waals surface area contributed by atoms with Crippen LogP contribution in [0.4, 0.5) is 10.8 Å². The molecule has 1 atom stereocenters. The Morgan fingerprint density at radius 1 is 0.973 bits per heavy atom. The number of anilines is 2. The molecule has 8 heteroatoms. The fraction of sp³-hybridized carbons (Fsp3) is 0.138. The van der Waals surface area contributed by atoms with Crippen LogP contribution in [0.15, 0.2) is 84.9 Å². The molecule has 5 aromatic rings. The number of benzene rings is 3. The molecular formula is C29H23N5O2S. The Morgan fingerprint density at radius 2 is 1.78 bits per heavy atom. The van der Waals surface area contributed by atoms with Crippen LogP contribution in [-0.4, -0.2) is 33.5 Å². The number of carbonyl (C=O) groups is 2. The first-order valence-electron chi connectivity index (χ1n) is 12.0. The lowest BCUT2D eigenvalue weighted by Gasteiger charge is -2.16. The Morgan fingerprint density at radius 3 is 2.62 bits per heavy atom. The van der Waals surface area contributed by atoms with Crippen molar-refractivity contribution in [3.63, 3.8) is 0 Å². The van der Waals surface area contributed by atoms with Gasteiger partial charge in [0, 0.05) is 35.5 Å². The molecule has 1 saturated heterocycles. The van der Waals surface area contributed by atoms with Gasteiger partial charge in [-0.1, -0.05) is 72.0 Å². The van der Waals surface area contributed by atoms with Gasteiger partial charge in [-0.2, -0.15) is 0 Å². The van der Waals surface area contributed by atoms with Gasteiger partial charge in [-0.3, -0.25) is 14.9 Å². The van der Waals surface area contributed by atoms with Gasteiger partial charge < -0.3 is 4.90 Å². The van der Waals surface area contributed by atoms with Gasteiger partial charge in [0.25, 0.3) is 5.91 Å². The maximum Gasteiger partial charge on any atom is 0.258 e. The van der Waals surface area contributed by atoms with Crippen molar-refractivity contribution in [2.45, 2.75) is 19.3 Å². The lowest BCUT2D eigenvalue weighted by molar-refractivity contribution is -0.117. The Balaban J connectivity index is 1.24. The molecule has 1 fully saturated rings. The molecule has 1 aliphatic heterocycles. The highest BCUT2D eigenvalue weighted by Gasteiger charge is 2.34. The average Bonchev–Trinajstić information content (AvgIpc) is 3.55. The average molecular weight is 506 g/mol. The van der Waals surface area contributed by atoms with Gasteiger partial charge in [-0.25, -0.2) is 4.98 Å². The normalized spacial score (nSPS) is 15.3. The highest BCUT2D eigenvalue weighted by Crippen LogP contribution is 2.35. The number of aryl methyl sites for hydroxylation is 1. The number of hydrogen-bond donors (Lipinski definition) is 1. The van der Waals surface area contributed by atoms with E-state index in [0.29, 0.717) is 23.7 Å². The van der Waals surface area contributed by atoms with Gasteiger partial charge in [-0.15, -0.1) is 10.2 Å². The van der Waals surface area contributed by atoms with Crippen LogP contribution in [0.3, 0.4) is 0 Å². The number of carbonyl (C=O) groups excluding carboxylic acids is 2. The van der Waals surface area contributed by atoms with Crippen LogP contribution in [0.25, 0.3) is 22.2 Å².